The Morgan fingerprint density at radius 2 is 1.86 bits per heavy atom. The van der Waals surface area contributed by atoms with Gasteiger partial charge < -0.3 is 10.6 Å². The van der Waals surface area contributed by atoms with Crippen molar-refractivity contribution in [2.45, 2.75) is 16.5 Å². The highest BCUT2D eigenvalue weighted by Crippen LogP contribution is 2.32. The Balaban J connectivity index is 1.63. The van der Waals surface area contributed by atoms with Crippen molar-refractivity contribution in [3.63, 3.8) is 0 Å². The Bertz CT molecular complexity index is 1010. The van der Waals surface area contributed by atoms with E-state index in [4.69, 9.17) is 0 Å². The first-order chi connectivity index (χ1) is 13.4. The molecule has 0 aliphatic rings. The molecule has 1 atom stereocenters. The van der Waals surface area contributed by atoms with Crippen LogP contribution in [0.25, 0.3) is 0 Å². The van der Waals surface area contributed by atoms with Crippen LogP contribution in [0.15, 0.2) is 52.9 Å². The zero-order valence-corrected chi connectivity index (χ0v) is 16.1. The van der Waals surface area contributed by atoms with E-state index in [2.05, 4.69) is 20.8 Å². The first-order valence-corrected chi connectivity index (χ1v) is 9.69. The fourth-order valence-electron chi connectivity index (χ4n) is 2.16. The Hall–Kier alpha value is -3.05. The van der Waals surface area contributed by atoms with Crippen molar-refractivity contribution in [2.24, 2.45) is 0 Å². The number of thioether (sulfide) groups is 1. The van der Waals surface area contributed by atoms with Crippen LogP contribution in [0.1, 0.15) is 6.92 Å². The number of hydrogen-bond acceptors (Lipinski definition) is 8. The van der Waals surface area contributed by atoms with Crippen LogP contribution in [0.5, 0.6) is 0 Å². The minimum absolute atomic E-state index is 0.129. The predicted molar refractivity (Wildman–Crippen MR) is 107 cm³/mol. The molecular formula is C17H14FN5O3S2. The van der Waals surface area contributed by atoms with Crippen LogP contribution in [0.2, 0.25) is 0 Å². The van der Waals surface area contributed by atoms with Gasteiger partial charge in [0.05, 0.1) is 15.9 Å². The number of amides is 1. The van der Waals surface area contributed by atoms with Crippen LogP contribution in [-0.2, 0) is 4.79 Å². The highest BCUT2D eigenvalue weighted by Gasteiger charge is 2.21. The monoisotopic (exact) mass is 419 g/mol. The molecule has 11 heteroatoms. The Morgan fingerprint density at radius 1 is 1.18 bits per heavy atom. The number of nitro benzene ring substituents is 1. The molecule has 2 aromatic carbocycles. The van der Waals surface area contributed by atoms with Gasteiger partial charge in [0, 0.05) is 6.07 Å². The quantitative estimate of drug-likeness (QED) is 0.331. The summed E-state index contributed by atoms with van der Waals surface area (Å²) in [6.45, 7) is 1.65. The fourth-order valence-corrected chi connectivity index (χ4v) is 4.07. The van der Waals surface area contributed by atoms with E-state index < -0.39 is 21.9 Å². The molecule has 3 rings (SSSR count). The van der Waals surface area contributed by atoms with Crippen LogP contribution in [0, 0.1) is 15.9 Å². The van der Waals surface area contributed by atoms with Gasteiger partial charge in [-0.1, -0.05) is 47.4 Å². The van der Waals surface area contributed by atoms with Crippen molar-refractivity contribution >= 4 is 51.2 Å². The van der Waals surface area contributed by atoms with E-state index in [1.807, 2.05) is 0 Å². The smallest absolute Gasteiger partial charge is 0.292 e. The molecule has 28 heavy (non-hydrogen) atoms. The summed E-state index contributed by atoms with van der Waals surface area (Å²) in [5.74, 6) is -0.817. The van der Waals surface area contributed by atoms with Crippen LogP contribution in [0.3, 0.4) is 0 Å². The van der Waals surface area contributed by atoms with E-state index in [0.717, 1.165) is 11.8 Å². The largest absolute Gasteiger partial charge is 0.328 e. The standard InChI is InChI=1S/C17H14FN5O3S2/c1-10(15(24)19-13-8-4-5-9-14(13)23(25)26)27-17-22-21-16(28-17)20-12-7-3-2-6-11(12)18/h2-10H,1H3,(H,19,24)(H,20,21). The lowest BCUT2D eigenvalue weighted by molar-refractivity contribution is -0.383. The molecule has 0 saturated heterocycles. The molecule has 3 aromatic rings. The molecule has 0 saturated carbocycles. The highest BCUT2D eigenvalue weighted by molar-refractivity contribution is 8.02. The summed E-state index contributed by atoms with van der Waals surface area (Å²) in [5, 5.41) is 24.2. The first kappa shape index (κ1) is 19.7. The van der Waals surface area contributed by atoms with Gasteiger partial charge >= 0.3 is 0 Å². The molecule has 0 radical (unpaired) electrons. The maximum absolute atomic E-state index is 13.7. The lowest BCUT2D eigenvalue weighted by Gasteiger charge is -2.10. The van der Waals surface area contributed by atoms with Crippen LogP contribution in [0.4, 0.5) is 26.6 Å². The zero-order valence-electron chi connectivity index (χ0n) is 14.5. The number of carbonyl (C=O) groups excluding carboxylic acids is 1. The Labute approximate surface area is 167 Å². The SMILES string of the molecule is CC(Sc1nnc(Nc2ccccc2F)s1)C(=O)Nc1ccccc1[N+](=O)[O-]. The summed E-state index contributed by atoms with van der Waals surface area (Å²) in [6, 6.07) is 12.1. The van der Waals surface area contributed by atoms with E-state index in [1.165, 1.54) is 35.6 Å². The van der Waals surface area contributed by atoms with Crippen molar-refractivity contribution < 1.29 is 14.1 Å². The second-order valence-corrected chi connectivity index (χ2v) is 8.07. The number of nitrogens with zero attached hydrogens (tertiary/aromatic N) is 3. The van der Waals surface area contributed by atoms with E-state index in [-0.39, 0.29) is 17.1 Å². The predicted octanol–water partition coefficient (Wildman–Crippen LogP) is 4.45. The lowest BCUT2D eigenvalue weighted by Crippen LogP contribution is -2.22. The van der Waals surface area contributed by atoms with Gasteiger partial charge in [0.1, 0.15) is 11.5 Å². The number of carbonyl (C=O) groups is 1. The second-order valence-electron chi connectivity index (χ2n) is 5.50. The van der Waals surface area contributed by atoms with E-state index in [0.29, 0.717) is 9.47 Å². The third-order valence-corrected chi connectivity index (χ3v) is 5.55. The molecule has 1 unspecified atom stereocenters. The van der Waals surface area contributed by atoms with Gasteiger partial charge in [-0.3, -0.25) is 14.9 Å². The van der Waals surface area contributed by atoms with E-state index in [1.54, 1.807) is 31.2 Å². The normalized spacial score (nSPS) is 11.6. The van der Waals surface area contributed by atoms with Gasteiger partial charge in [-0.15, -0.1) is 10.2 Å². The van der Waals surface area contributed by atoms with Crippen LogP contribution >= 0.6 is 23.1 Å². The van der Waals surface area contributed by atoms with Crippen molar-refractivity contribution in [3.05, 3.63) is 64.5 Å². The third-order valence-electron chi connectivity index (χ3n) is 3.53. The third kappa shape index (κ3) is 4.81. The molecule has 1 heterocycles. The van der Waals surface area contributed by atoms with Gasteiger partial charge in [0.25, 0.3) is 5.69 Å². The molecule has 0 fully saturated rings. The summed E-state index contributed by atoms with van der Waals surface area (Å²) >= 11 is 2.32. The molecule has 0 bridgehead atoms. The molecule has 2 N–H and O–H groups in total. The highest BCUT2D eigenvalue weighted by atomic mass is 32.2. The van der Waals surface area contributed by atoms with Crippen molar-refractivity contribution in [2.75, 3.05) is 10.6 Å². The van der Waals surface area contributed by atoms with Gasteiger partial charge in [0.15, 0.2) is 4.34 Å². The summed E-state index contributed by atoms with van der Waals surface area (Å²) in [4.78, 5) is 22.9. The van der Waals surface area contributed by atoms with Gasteiger partial charge in [-0.05, 0) is 25.1 Å². The van der Waals surface area contributed by atoms with E-state index in [9.17, 15) is 19.3 Å². The lowest BCUT2D eigenvalue weighted by atomic mass is 10.2. The van der Waals surface area contributed by atoms with E-state index >= 15 is 0 Å². The number of benzene rings is 2. The minimum Gasteiger partial charge on any atom is -0.328 e. The van der Waals surface area contributed by atoms with Crippen molar-refractivity contribution in [1.82, 2.24) is 10.2 Å². The molecule has 144 valence electrons. The zero-order chi connectivity index (χ0) is 20.1. The number of nitrogens with one attached hydrogen (secondary N) is 2. The molecule has 0 aliphatic carbocycles. The molecule has 0 spiro atoms. The summed E-state index contributed by atoms with van der Waals surface area (Å²) in [5.41, 5.74) is 0.224. The van der Waals surface area contributed by atoms with Crippen LogP contribution in [-0.4, -0.2) is 26.3 Å². The summed E-state index contributed by atoms with van der Waals surface area (Å²) < 4.78 is 14.2. The van der Waals surface area contributed by atoms with Gasteiger partial charge in [-0.25, -0.2) is 4.39 Å². The number of hydrogen-bond donors (Lipinski definition) is 2. The topological polar surface area (TPSA) is 110 Å². The number of rotatable bonds is 7. The number of nitro groups is 1. The Morgan fingerprint density at radius 3 is 2.57 bits per heavy atom. The number of halogens is 1. The van der Waals surface area contributed by atoms with Crippen molar-refractivity contribution in [1.29, 1.82) is 0 Å². The second kappa shape index (κ2) is 8.76. The fraction of sp³-hybridized carbons (Fsp3) is 0.118. The van der Waals surface area contributed by atoms with Crippen molar-refractivity contribution in [3.8, 4) is 0 Å². The van der Waals surface area contributed by atoms with Gasteiger partial charge in [0.2, 0.25) is 11.0 Å². The average molecular weight is 419 g/mol. The summed E-state index contributed by atoms with van der Waals surface area (Å²) in [7, 11) is 0. The molecule has 1 aromatic heterocycles. The average Bonchev–Trinajstić information content (AvgIpc) is 3.10. The maximum Gasteiger partial charge on any atom is 0.292 e. The molecular weight excluding hydrogens is 405 g/mol. The Kier molecular flexibility index (Phi) is 6.16. The van der Waals surface area contributed by atoms with Gasteiger partial charge in [-0.2, -0.15) is 0 Å². The summed E-state index contributed by atoms with van der Waals surface area (Å²) in [6.07, 6.45) is 0. The number of aromatic nitrogens is 2. The molecule has 1 amide bonds. The van der Waals surface area contributed by atoms with Crippen LogP contribution < -0.4 is 10.6 Å². The molecule has 8 nitrogen and oxygen atoms in total. The first-order valence-electron chi connectivity index (χ1n) is 8.00. The minimum atomic E-state index is -0.575. The molecule has 0 aliphatic heterocycles. The number of anilines is 3. The number of para-hydroxylation sites is 3. The maximum atomic E-state index is 13.7.